The van der Waals surface area contributed by atoms with Gasteiger partial charge in [0.1, 0.15) is 0 Å². The van der Waals surface area contributed by atoms with Crippen molar-refractivity contribution in [2.24, 2.45) is 5.16 Å². The van der Waals surface area contributed by atoms with Gasteiger partial charge in [0.05, 0.1) is 0 Å². The molecule has 0 saturated carbocycles. The number of nitrogens with zero attached hydrogens (tertiary/aromatic N) is 2. The van der Waals surface area contributed by atoms with Crippen molar-refractivity contribution in [3.8, 4) is 34.3 Å². The van der Waals surface area contributed by atoms with E-state index in [4.69, 9.17) is 24.7 Å². The molecule has 9 heteroatoms. The fraction of sp³-hybridized carbons (Fsp3) is 0.200. The zero-order valence-electron chi connectivity index (χ0n) is 16.4. The van der Waals surface area contributed by atoms with Crippen LogP contribution in [0.15, 0.2) is 40.4 Å². The van der Waals surface area contributed by atoms with E-state index in [2.05, 4.69) is 10.1 Å². The third-order valence-electron chi connectivity index (χ3n) is 4.27. The van der Waals surface area contributed by atoms with E-state index in [1.54, 1.807) is 25.3 Å². The Hall–Kier alpha value is -3.16. The van der Waals surface area contributed by atoms with Crippen LogP contribution in [0.2, 0.25) is 0 Å². The molecule has 0 saturated heterocycles. The Balaban J connectivity index is 2.02. The summed E-state index contributed by atoms with van der Waals surface area (Å²) in [6.45, 7) is 0. The monoisotopic (exact) mass is 463 g/mol. The predicted molar refractivity (Wildman–Crippen MR) is 111 cm³/mol. The number of oxime groups is 1. The average molecular weight is 462 g/mol. The Morgan fingerprint density at radius 1 is 0.966 bits per heavy atom. The molecule has 0 spiro atoms. The molecule has 3 aromatic rings. The second-order valence-corrected chi connectivity index (χ2v) is 7.66. The number of hydrogen-bond donors (Lipinski definition) is 2. The summed E-state index contributed by atoms with van der Waals surface area (Å²) < 4.78 is 22.0. The van der Waals surface area contributed by atoms with Crippen LogP contribution >= 0.6 is 0 Å². The maximum absolute atomic E-state index is 9.71. The molecular weight excluding hydrogens is 441 g/mol. The van der Waals surface area contributed by atoms with Gasteiger partial charge in [0.2, 0.25) is 0 Å². The van der Waals surface area contributed by atoms with Gasteiger partial charge >= 0.3 is 174 Å². The summed E-state index contributed by atoms with van der Waals surface area (Å²) in [6, 6.07) is 8.93. The summed E-state index contributed by atoms with van der Waals surface area (Å²) in [5, 5.41) is 13.2. The average Bonchev–Trinajstić information content (AvgIpc) is 3.23. The third-order valence-corrected chi connectivity index (χ3v) is 6.05. The van der Waals surface area contributed by atoms with Gasteiger partial charge in [-0.3, -0.25) is 0 Å². The number of hydrogen-bond acceptors (Lipinski definition) is 8. The van der Waals surface area contributed by atoms with Gasteiger partial charge in [0.25, 0.3) is 0 Å². The summed E-state index contributed by atoms with van der Waals surface area (Å²) >= 11 is -0.133. The number of aromatic nitrogens is 1. The van der Waals surface area contributed by atoms with E-state index in [1.165, 1.54) is 21.3 Å². The van der Waals surface area contributed by atoms with Crippen LogP contribution in [0, 0.1) is 0 Å². The molecule has 0 radical (unpaired) electrons. The van der Waals surface area contributed by atoms with Gasteiger partial charge in [-0.05, 0) is 0 Å². The van der Waals surface area contributed by atoms with Crippen LogP contribution in [0.1, 0.15) is 10.1 Å². The number of benzene rings is 2. The second-order valence-electron chi connectivity index (χ2n) is 5.86. The molecule has 0 aliphatic rings. The molecule has 3 N–H and O–H groups in total. The number of rotatable bonds is 7. The number of ether oxygens (including phenoxy) is 4. The molecule has 0 amide bonds. The van der Waals surface area contributed by atoms with Gasteiger partial charge in [-0.15, -0.1) is 0 Å². The molecule has 0 aliphatic heterocycles. The van der Waals surface area contributed by atoms with Crippen molar-refractivity contribution in [1.82, 2.24) is 4.98 Å². The Labute approximate surface area is 174 Å². The van der Waals surface area contributed by atoms with Crippen LogP contribution in [-0.4, -0.2) is 58.8 Å². The standard InChI is InChI=1S/C20H21N3O5Se/c1-25-15-6-5-11(7-13(15)21)14-10-29-20(22-14)18(23-24)12-8-16(26-2)19(28-4)17(9-12)27-3/h5-10,24H,21H2,1-4H3. The second kappa shape index (κ2) is 8.89. The van der Waals surface area contributed by atoms with Gasteiger partial charge in [-0.25, -0.2) is 0 Å². The Morgan fingerprint density at radius 3 is 2.14 bits per heavy atom. The van der Waals surface area contributed by atoms with Crippen molar-refractivity contribution in [2.75, 3.05) is 34.2 Å². The quantitative estimate of drug-likeness (QED) is 0.183. The topological polar surface area (TPSA) is 108 Å². The van der Waals surface area contributed by atoms with Crippen LogP contribution in [0.4, 0.5) is 5.69 Å². The van der Waals surface area contributed by atoms with Crippen LogP contribution in [0.25, 0.3) is 11.3 Å². The first-order valence-corrected chi connectivity index (χ1v) is 10.3. The Kier molecular flexibility index (Phi) is 6.31. The number of nitrogen functional groups attached to an aromatic ring is 1. The molecule has 3 rings (SSSR count). The van der Waals surface area contributed by atoms with Crippen molar-refractivity contribution in [1.29, 1.82) is 0 Å². The fourth-order valence-electron chi connectivity index (χ4n) is 2.85. The van der Waals surface area contributed by atoms with Crippen molar-refractivity contribution in [3.05, 3.63) is 45.4 Å². The zero-order chi connectivity index (χ0) is 21.0. The van der Waals surface area contributed by atoms with E-state index in [1.807, 2.05) is 17.1 Å². The zero-order valence-corrected chi connectivity index (χ0v) is 18.1. The van der Waals surface area contributed by atoms with E-state index < -0.39 is 0 Å². The van der Waals surface area contributed by atoms with Crippen LogP contribution < -0.4 is 24.7 Å². The molecule has 2 aromatic carbocycles. The van der Waals surface area contributed by atoms with Gasteiger partial charge in [-0.1, -0.05) is 0 Å². The van der Waals surface area contributed by atoms with Crippen LogP contribution in [0.3, 0.4) is 0 Å². The number of nitrogens with two attached hydrogens (primary N) is 1. The molecule has 29 heavy (non-hydrogen) atoms. The van der Waals surface area contributed by atoms with Crippen LogP contribution in [-0.2, 0) is 0 Å². The van der Waals surface area contributed by atoms with Crippen molar-refractivity contribution in [3.63, 3.8) is 0 Å². The summed E-state index contributed by atoms with van der Waals surface area (Å²) in [7, 11) is 6.16. The first kappa shape index (κ1) is 20.6. The normalized spacial score (nSPS) is 11.2. The first-order chi connectivity index (χ1) is 14.1. The molecule has 0 aliphatic carbocycles. The van der Waals surface area contributed by atoms with E-state index in [0.29, 0.717) is 44.5 Å². The van der Waals surface area contributed by atoms with Gasteiger partial charge in [0, 0.05) is 0 Å². The fourth-order valence-corrected chi connectivity index (χ4v) is 4.60. The molecule has 8 nitrogen and oxygen atoms in total. The van der Waals surface area contributed by atoms with Gasteiger partial charge in [0.15, 0.2) is 0 Å². The van der Waals surface area contributed by atoms with E-state index in [9.17, 15) is 5.21 Å². The SMILES string of the molecule is COc1ccc(-c2c[se]c(C(=NO)c3cc(OC)c(OC)c(OC)c3)n2)cc1N. The van der Waals surface area contributed by atoms with Crippen molar-refractivity contribution in [2.45, 2.75) is 0 Å². The molecule has 152 valence electrons. The minimum atomic E-state index is -0.133. The molecule has 0 atom stereocenters. The maximum atomic E-state index is 9.71. The third kappa shape index (κ3) is 4.01. The Morgan fingerprint density at radius 2 is 1.62 bits per heavy atom. The summed E-state index contributed by atoms with van der Waals surface area (Å²) in [5.41, 5.74) is 9.11. The van der Waals surface area contributed by atoms with Gasteiger partial charge in [-0.2, -0.15) is 0 Å². The number of methoxy groups -OCH3 is 4. The Bertz CT molecular complexity index is 1020. The number of anilines is 1. The van der Waals surface area contributed by atoms with Crippen LogP contribution in [0.5, 0.6) is 23.0 Å². The minimum absolute atomic E-state index is 0.133. The predicted octanol–water partition coefficient (Wildman–Crippen LogP) is 2.65. The molecule has 1 heterocycles. The molecule has 1 aromatic heterocycles. The summed E-state index contributed by atoms with van der Waals surface area (Å²) in [5.74, 6) is 2.00. The van der Waals surface area contributed by atoms with Crippen molar-refractivity contribution >= 4 is 25.9 Å². The van der Waals surface area contributed by atoms with E-state index in [0.717, 1.165) is 11.3 Å². The van der Waals surface area contributed by atoms with Crippen molar-refractivity contribution < 1.29 is 24.2 Å². The molecule has 0 fully saturated rings. The molecular formula is C20H21N3O5Se. The molecule has 0 bridgehead atoms. The van der Waals surface area contributed by atoms with E-state index in [-0.39, 0.29) is 14.5 Å². The van der Waals surface area contributed by atoms with E-state index >= 15 is 0 Å². The summed E-state index contributed by atoms with van der Waals surface area (Å²) in [6.07, 6.45) is 0. The molecule has 0 unspecified atom stereocenters. The summed E-state index contributed by atoms with van der Waals surface area (Å²) in [4.78, 5) is 6.67. The first-order valence-electron chi connectivity index (χ1n) is 8.48. The van der Waals surface area contributed by atoms with Gasteiger partial charge < -0.3 is 0 Å².